The molecule has 1 atom stereocenters. The zero-order chi connectivity index (χ0) is 16.8. The van der Waals surface area contributed by atoms with E-state index < -0.39 is 0 Å². The molecule has 23 heavy (non-hydrogen) atoms. The number of hydrogen-bond acceptors (Lipinski definition) is 3. The second kappa shape index (κ2) is 8.16. The van der Waals surface area contributed by atoms with Crippen molar-refractivity contribution in [3.05, 3.63) is 42.0 Å². The molecule has 0 aliphatic carbocycles. The Morgan fingerprint density at radius 1 is 1.26 bits per heavy atom. The van der Waals surface area contributed by atoms with E-state index in [1.54, 1.807) is 0 Å². The van der Waals surface area contributed by atoms with Gasteiger partial charge in [-0.2, -0.15) is 0 Å². The summed E-state index contributed by atoms with van der Waals surface area (Å²) < 4.78 is 2.04. The third-order valence-corrected chi connectivity index (χ3v) is 4.16. The third kappa shape index (κ3) is 4.83. The molecule has 0 radical (unpaired) electrons. The van der Waals surface area contributed by atoms with Crippen LogP contribution in [0.1, 0.15) is 44.9 Å². The smallest absolute Gasteiger partial charge is 0.0995 e. The Kier molecular flexibility index (Phi) is 6.22. The van der Waals surface area contributed by atoms with Gasteiger partial charge < -0.3 is 10.3 Å². The number of hydrogen-bond donors (Lipinski definition) is 1. The maximum atomic E-state index is 6.08. The fourth-order valence-electron chi connectivity index (χ4n) is 3.19. The summed E-state index contributed by atoms with van der Waals surface area (Å²) in [5.41, 5.74) is 10.3. The lowest BCUT2D eigenvalue weighted by molar-refractivity contribution is 0.176. The molecule has 4 nitrogen and oxygen atoms in total. The lowest BCUT2D eigenvalue weighted by Crippen LogP contribution is -2.33. The Hall–Kier alpha value is -1.81. The molecular formula is C19H30N4. The monoisotopic (exact) mass is 314 g/mol. The second-order valence-electron chi connectivity index (χ2n) is 6.34. The van der Waals surface area contributed by atoms with Crippen LogP contribution < -0.4 is 5.73 Å². The van der Waals surface area contributed by atoms with Gasteiger partial charge in [0.1, 0.15) is 0 Å². The van der Waals surface area contributed by atoms with Crippen LogP contribution in [0.5, 0.6) is 0 Å². The van der Waals surface area contributed by atoms with Gasteiger partial charge in [0.15, 0.2) is 0 Å². The Morgan fingerprint density at radius 2 is 2.04 bits per heavy atom. The Balaban J connectivity index is 0.000000924. The molecule has 2 heterocycles. The molecule has 0 amide bonds. The predicted molar refractivity (Wildman–Crippen MR) is 97.7 cm³/mol. The molecule has 2 aromatic rings. The maximum absolute atomic E-state index is 6.08. The number of benzene rings is 1. The molecule has 2 N–H and O–H groups in total. The van der Waals surface area contributed by atoms with E-state index in [-0.39, 0.29) is 0 Å². The van der Waals surface area contributed by atoms with Crippen molar-refractivity contribution < 1.29 is 0 Å². The van der Waals surface area contributed by atoms with Gasteiger partial charge in [-0.15, -0.1) is 0 Å². The molecule has 1 aromatic heterocycles. The first-order valence-electron chi connectivity index (χ1n) is 8.73. The fraction of sp³-hybridized carbons (Fsp3) is 0.526. The number of rotatable bonds is 3. The molecule has 3 rings (SSSR count). The average molecular weight is 314 g/mol. The van der Waals surface area contributed by atoms with Crippen molar-refractivity contribution in [3.63, 3.8) is 0 Å². The fourth-order valence-corrected chi connectivity index (χ4v) is 3.19. The van der Waals surface area contributed by atoms with Crippen molar-refractivity contribution in [3.8, 4) is 5.69 Å². The largest absolute Gasteiger partial charge is 0.399 e. The van der Waals surface area contributed by atoms with Crippen LogP contribution in [0.2, 0.25) is 0 Å². The highest BCUT2D eigenvalue weighted by atomic mass is 15.1. The molecule has 1 aliphatic heterocycles. The number of aryl methyl sites for hydroxylation is 1. The van der Waals surface area contributed by atoms with Crippen molar-refractivity contribution in [1.29, 1.82) is 0 Å². The molecule has 126 valence electrons. The lowest BCUT2D eigenvalue weighted by Gasteiger charge is -2.31. The first-order chi connectivity index (χ1) is 11.1. The summed E-state index contributed by atoms with van der Waals surface area (Å²) in [4.78, 5) is 6.82. The molecule has 4 heteroatoms. The van der Waals surface area contributed by atoms with Crippen molar-refractivity contribution in [2.24, 2.45) is 5.92 Å². The van der Waals surface area contributed by atoms with Gasteiger partial charge in [0.2, 0.25) is 0 Å². The summed E-state index contributed by atoms with van der Waals surface area (Å²) in [6.45, 7) is 11.7. The summed E-state index contributed by atoms with van der Waals surface area (Å²) in [5.74, 6) is 0.801. The zero-order valence-electron chi connectivity index (χ0n) is 14.9. The lowest BCUT2D eigenvalue weighted by atomic mass is 9.99. The van der Waals surface area contributed by atoms with Crippen LogP contribution >= 0.6 is 0 Å². The SMILES string of the molecule is CC.Cc1cn(-c2cc(N)cc(CN3CCCC(C)C3)c2)cn1. The van der Waals surface area contributed by atoms with Crippen LogP contribution in [0.15, 0.2) is 30.7 Å². The van der Waals surface area contributed by atoms with Crippen LogP contribution in [0.25, 0.3) is 5.69 Å². The summed E-state index contributed by atoms with van der Waals surface area (Å²) >= 11 is 0. The highest BCUT2D eigenvalue weighted by Crippen LogP contribution is 2.21. The Bertz CT molecular complexity index is 618. The number of aromatic nitrogens is 2. The van der Waals surface area contributed by atoms with E-state index in [1.807, 2.05) is 43.9 Å². The van der Waals surface area contributed by atoms with Crippen LogP contribution in [-0.2, 0) is 6.54 Å². The first-order valence-corrected chi connectivity index (χ1v) is 8.73. The Labute approximate surface area is 140 Å². The summed E-state index contributed by atoms with van der Waals surface area (Å²) in [6, 6.07) is 6.31. The van der Waals surface area contributed by atoms with E-state index in [1.165, 1.54) is 31.5 Å². The number of nitrogens with zero attached hydrogens (tertiary/aromatic N) is 3. The van der Waals surface area contributed by atoms with Gasteiger partial charge in [-0.25, -0.2) is 4.98 Å². The quantitative estimate of drug-likeness (QED) is 0.870. The first kappa shape index (κ1) is 17.5. The van der Waals surface area contributed by atoms with E-state index in [9.17, 15) is 0 Å². The van der Waals surface area contributed by atoms with Crippen LogP contribution in [0.3, 0.4) is 0 Å². The van der Waals surface area contributed by atoms with E-state index >= 15 is 0 Å². The second-order valence-corrected chi connectivity index (χ2v) is 6.34. The number of likely N-dealkylation sites (tertiary alicyclic amines) is 1. The molecule has 0 saturated carbocycles. The van der Waals surface area contributed by atoms with E-state index in [0.717, 1.165) is 29.5 Å². The third-order valence-electron chi connectivity index (χ3n) is 4.16. The van der Waals surface area contributed by atoms with Crippen molar-refractivity contribution in [1.82, 2.24) is 14.5 Å². The molecule has 1 fully saturated rings. The molecular weight excluding hydrogens is 284 g/mol. The van der Waals surface area contributed by atoms with Gasteiger partial charge in [-0.1, -0.05) is 20.8 Å². The van der Waals surface area contributed by atoms with Gasteiger partial charge in [0.05, 0.1) is 12.0 Å². The van der Waals surface area contributed by atoms with Crippen molar-refractivity contribution in [2.75, 3.05) is 18.8 Å². The number of nitrogens with two attached hydrogens (primary N) is 1. The van der Waals surface area contributed by atoms with Crippen LogP contribution in [0.4, 0.5) is 5.69 Å². The Morgan fingerprint density at radius 3 is 2.70 bits per heavy atom. The highest BCUT2D eigenvalue weighted by Gasteiger charge is 2.16. The standard InChI is InChI=1S/C17H24N4.C2H6/c1-13-4-3-5-20(9-13)11-15-6-16(18)8-17(7-15)21-10-14(2)19-12-21;1-2/h6-8,10,12-13H,3-5,9,11,18H2,1-2H3;1-2H3. The summed E-state index contributed by atoms with van der Waals surface area (Å²) in [6.07, 6.45) is 6.53. The molecule has 1 unspecified atom stereocenters. The zero-order valence-corrected chi connectivity index (χ0v) is 14.9. The van der Waals surface area contributed by atoms with Crippen molar-refractivity contribution >= 4 is 5.69 Å². The number of anilines is 1. The van der Waals surface area contributed by atoms with E-state index in [0.29, 0.717) is 0 Å². The van der Waals surface area contributed by atoms with E-state index in [4.69, 9.17) is 5.73 Å². The molecule has 1 aliphatic rings. The predicted octanol–water partition coefficient (Wildman–Crippen LogP) is 4.02. The van der Waals surface area contributed by atoms with Gasteiger partial charge in [0.25, 0.3) is 0 Å². The summed E-state index contributed by atoms with van der Waals surface area (Å²) in [7, 11) is 0. The average Bonchev–Trinajstić information content (AvgIpc) is 2.95. The minimum absolute atomic E-state index is 0.801. The van der Waals surface area contributed by atoms with Crippen LogP contribution in [0, 0.1) is 12.8 Å². The topological polar surface area (TPSA) is 47.1 Å². The number of piperidine rings is 1. The van der Waals surface area contributed by atoms with Gasteiger partial charge in [-0.3, -0.25) is 4.90 Å². The molecule has 1 aromatic carbocycles. The number of nitrogen functional groups attached to an aromatic ring is 1. The van der Waals surface area contributed by atoms with Gasteiger partial charge in [0, 0.05) is 30.7 Å². The minimum atomic E-state index is 0.801. The normalized spacial score (nSPS) is 18.3. The van der Waals surface area contributed by atoms with Gasteiger partial charge in [-0.05, 0) is 56.0 Å². The van der Waals surface area contributed by atoms with E-state index in [2.05, 4.69) is 28.9 Å². The number of imidazole rings is 1. The molecule has 1 saturated heterocycles. The molecule has 0 spiro atoms. The minimum Gasteiger partial charge on any atom is -0.399 e. The van der Waals surface area contributed by atoms with Gasteiger partial charge >= 0.3 is 0 Å². The summed E-state index contributed by atoms with van der Waals surface area (Å²) in [5, 5.41) is 0. The maximum Gasteiger partial charge on any atom is 0.0995 e. The highest BCUT2D eigenvalue weighted by molar-refractivity contribution is 5.51. The van der Waals surface area contributed by atoms with Crippen LogP contribution in [-0.4, -0.2) is 27.5 Å². The molecule has 0 bridgehead atoms. The van der Waals surface area contributed by atoms with Crippen molar-refractivity contribution in [2.45, 2.75) is 47.1 Å².